The van der Waals surface area contributed by atoms with E-state index in [2.05, 4.69) is 12.2 Å². The first-order valence-corrected chi connectivity index (χ1v) is 6.89. The van der Waals surface area contributed by atoms with Gasteiger partial charge < -0.3 is 14.8 Å². The zero-order chi connectivity index (χ0) is 13.0. The number of hydrogen-bond donors (Lipinski definition) is 1. The zero-order valence-electron chi connectivity index (χ0n) is 11.5. The van der Waals surface area contributed by atoms with Crippen molar-refractivity contribution in [3.05, 3.63) is 18.2 Å². The standard InChI is InChI=1S/C15H23NO2/c1-4-17-13-6-7-15(18-5-2)14(10-13)16-12-8-11(3)9-12/h6-7,10-12,16H,4-5,8-9H2,1-3H3. The average Bonchev–Trinajstić information content (AvgIpc) is 2.31. The molecule has 0 amide bonds. The third kappa shape index (κ3) is 3.09. The number of ether oxygens (including phenoxy) is 2. The summed E-state index contributed by atoms with van der Waals surface area (Å²) in [5.41, 5.74) is 1.06. The van der Waals surface area contributed by atoms with Crippen molar-refractivity contribution in [1.82, 2.24) is 0 Å². The summed E-state index contributed by atoms with van der Waals surface area (Å²) in [7, 11) is 0. The molecule has 1 N–H and O–H groups in total. The Morgan fingerprint density at radius 1 is 1.17 bits per heavy atom. The Labute approximate surface area is 109 Å². The third-order valence-electron chi connectivity index (χ3n) is 3.30. The van der Waals surface area contributed by atoms with E-state index in [4.69, 9.17) is 9.47 Å². The van der Waals surface area contributed by atoms with Crippen molar-refractivity contribution in [3.8, 4) is 11.5 Å². The summed E-state index contributed by atoms with van der Waals surface area (Å²) < 4.78 is 11.2. The predicted octanol–water partition coefficient (Wildman–Crippen LogP) is 3.69. The molecule has 1 aromatic rings. The zero-order valence-corrected chi connectivity index (χ0v) is 11.5. The molecule has 100 valence electrons. The lowest BCUT2D eigenvalue weighted by Gasteiger charge is -2.34. The van der Waals surface area contributed by atoms with Crippen molar-refractivity contribution < 1.29 is 9.47 Å². The van der Waals surface area contributed by atoms with Gasteiger partial charge in [-0.15, -0.1) is 0 Å². The van der Waals surface area contributed by atoms with Crippen molar-refractivity contribution >= 4 is 5.69 Å². The van der Waals surface area contributed by atoms with Gasteiger partial charge in [-0.25, -0.2) is 0 Å². The van der Waals surface area contributed by atoms with Crippen LogP contribution in [0.1, 0.15) is 33.6 Å². The maximum atomic E-state index is 5.65. The molecule has 0 heterocycles. The normalized spacial score (nSPS) is 22.2. The summed E-state index contributed by atoms with van der Waals surface area (Å²) in [5.74, 6) is 2.66. The van der Waals surface area contributed by atoms with Gasteiger partial charge in [-0.1, -0.05) is 6.92 Å². The van der Waals surface area contributed by atoms with E-state index in [1.54, 1.807) is 0 Å². The Morgan fingerprint density at radius 3 is 2.50 bits per heavy atom. The molecule has 1 saturated carbocycles. The molecular formula is C15H23NO2. The Balaban J connectivity index is 2.09. The first kappa shape index (κ1) is 13.1. The maximum absolute atomic E-state index is 5.65. The first-order chi connectivity index (χ1) is 8.72. The lowest BCUT2D eigenvalue weighted by atomic mass is 9.82. The van der Waals surface area contributed by atoms with Crippen molar-refractivity contribution in [2.45, 2.75) is 39.7 Å². The summed E-state index contributed by atoms with van der Waals surface area (Å²) in [6, 6.07) is 6.57. The molecule has 0 atom stereocenters. The number of hydrogen-bond acceptors (Lipinski definition) is 3. The third-order valence-corrected chi connectivity index (χ3v) is 3.30. The van der Waals surface area contributed by atoms with Crippen LogP contribution in [0.4, 0.5) is 5.69 Å². The number of anilines is 1. The summed E-state index contributed by atoms with van der Waals surface area (Å²) in [4.78, 5) is 0. The van der Waals surface area contributed by atoms with Gasteiger partial charge in [0, 0.05) is 12.1 Å². The van der Waals surface area contributed by atoms with E-state index in [1.807, 2.05) is 32.0 Å². The molecule has 0 spiro atoms. The molecule has 2 rings (SSSR count). The fraction of sp³-hybridized carbons (Fsp3) is 0.600. The van der Waals surface area contributed by atoms with Gasteiger partial charge in [0.25, 0.3) is 0 Å². The fourth-order valence-electron chi connectivity index (χ4n) is 2.40. The van der Waals surface area contributed by atoms with E-state index in [-0.39, 0.29) is 0 Å². The number of nitrogens with one attached hydrogen (secondary N) is 1. The molecule has 0 aromatic heterocycles. The Bertz CT molecular complexity index is 386. The minimum Gasteiger partial charge on any atom is -0.494 e. The van der Waals surface area contributed by atoms with Crippen molar-refractivity contribution in [3.63, 3.8) is 0 Å². The maximum Gasteiger partial charge on any atom is 0.142 e. The van der Waals surface area contributed by atoms with Gasteiger partial charge in [0.1, 0.15) is 11.5 Å². The Hall–Kier alpha value is -1.38. The van der Waals surface area contributed by atoms with Crippen LogP contribution in [0.3, 0.4) is 0 Å². The van der Waals surface area contributed by atoms with E-state index in [1.165, 1.54) is 12.8 Å². The van der Waals surface area contributed by atoms with E-state index in [9.17, 15) is 0 Å². The predicted molar refractivity (Wildman–Crippen MR) is 74.6 cm³/mol. The van der Waals surface area contributed by atoms with Gasteiger partial charge in [-0.3, -0.25) is 0 Å². The van der Waals surface area contributed by atoms with Crippen molar-refractivity contribution in [2.75, 3.05) is 18.5 Å². The van der Waals surface area contributed by atoms with Crippen LogP contribution in [0.15, 0.2) is 18.2 Å². The highest BCUT2D eigenvalue weighted by Gasteiger charge is 2.25. The Kier molecular flexibility index (Phi) is 4.34. The fourth-order valence-corrected chi connectivity index (χ4v) is 2.40. The van der Waals surface area contributed by atoms with Gasteiger partial charge in [0.15, 0.2) is 0 Å². The summed E-state index contributed by atoms with van der Waals surface area (Å²) in [6.45, 7) is 7.67. The highest BCUT2D eigenvalue weighted by molar-refractivity contribution is 5.60. The molecule has 1 aromatic carbocycles. The van der Waals surface area contributed by atoms with Crippen molar-refractivity contribution in [2.24, 2.45) is 5.92 Å². The molecule has 3 heteroatoms. The average molecular weight is 249 g/mol. The van der Waals surface area contributed by atoms with Gasteiger partial charge in [-0.2, -0.15) is 0 Å². The van der Waals surface area contributed by atoms with Gasteiger partial charge >= 0.3 is 0 Å². The largest absolute Gasteiger partial charge is 0.494 e. The second-order valence-electron chi connectivity index (χ2n) is 4.94. The number of rotatable bonds is 6. The van der Waals surface area contributed by atoms with E-state index < -0.39 is 0 Å². The van der Waals surface area contributed by atoms with Crippen LogP contribution in [-0.2, 0) is 0 Å². The minimum atomic E-state index is 0.580. The summed E-state index contributed by atoms with van der Waals surface area (Å²) >= 11 is 0. The molecule has 0 radical (unpaired) electrons. The highest BCUT2D eigenvalue weighted by Crippen LogP contribution is 2.35. The first-order valence-electron chi connectivity index (χ1n) is 6.89. The summed E-state index contributed by atoms with van der Waals surface area (Å²) in [6.07, 6.45) is 2.48. The number of benzene rings is 1. The van der Waals surface area contributed by atoms with Crippen LogP contribution in [0.25, 0.3) is 0 Å². The van der Waals surface area contributed by atoms with Gasteiger partial charge in [0.05, 0.1) is 18.9 Å². The molecule has 0 bridgehead atoms. The lowest BCUT2D eigenvalue weighted by Crippen LogP contribution is -2.33. The Morgan fingerprint density at radius 2 is 1.89 bits per heavy atom. The minimum absolute atomic E-state index is 0.580. The molecule has 0 saturated heterocycles. The van der Waals surface area contributed by atoms with E-state index in [0.29, 0.717) is 19.3 Å². The highest BCUT2D eigenvalue weighted by atomic mass is 16.5. The smallest absolute Gasteiger partial charge is 0.142 e. The molecule has 0 unspecified atom stereocenters. The molecule has 18 heavy (non-hydrogen) atoms. The van der Waals surface area contributed by atoms with Crippen LogP contribution in [0.5, 0.6) is 11.5 Å². The van der Waals surface area contributed by atoms with Gasteiger partial charge in [-0.05, 0) is 44.7 Å². The molecule has 1 fully saturated rings. The van der Waals surface area contributed by atoms with Crippen LogP contribution >= 0.6 is 0 Å². The topological polar surface area (TPSA) is 30.5 Å². The second-order valence-corrected chi connectivity index (χ2v) is 4.94. The lowest BCUT2D eigenvalue weighted by molar-refractivity contribution is 0.304. The van der Waals surface area contributed by atoms with Crippen LogP contribution in [0.2, 0.25) is 0 Å². The molecule has 1 aliphatic rings. The van der Waals surface area contributed by atoms with E-state index >= 15 is 0 Å². The van der Waals surface area contributed by atoms with Crippen LogP contribution in [0, 0.1) is 5.92 Å². The molecule has 3 nitrogen and oxygen atoms in total. The molecular weight excluding hydrogens is 226 g/mol. The molecule has 1 aliphatic carbocycles. The SMILES string of the molecule is CCOc1ccc(OCC)c(NC2CC(C)C2)c1. The van der Waals surface area contributed by atoms with Crippen LogP contribution in [-0.4, -0.2) is 19.3 Å². The quantitative estimate of drug-likeness (QED) is 0.834. The second kappa shape index (κ2) is 5.98. The monoisotopic (exact) mass is 249 g/mol. The summed E-state index contributed by atoms with van der Waals surface area (Å²) in [5, 5.41) is 3.56. The van der Waals surface area contributed by atoms with Crippen molar-refractivity contribution in [1.29, 1.82) is 0 Å². The van der Waals surface area contributed by atoms with Crippen LogP contribution < -0.4 is 14.8 Å². The molecule has 0 aliphatic heterocycles. The van der Waals surface area contributed by atoms with Gasteiger partial charge in [0.2, 0.25) is 0 Å². The van der Waals surface area contributed by atoms with E-state index in [0.717, 1.165) is 23.1 Å².